The number of halogens is 1. The van der Waals surface area contributed by atoms with Crippen molar-refractivity contribution < 1.29 is 17.6 Å². The van der Waals surface area contributed by atoms with E-state index in [2.05, 4.69) is 0 Å². The molecular weight excluding hydrogens is 379 g/mol. The van der Waals surface area contributed by atoms with Gasteiger partial charge in [0.15, 0.2) is 9.84 Å². The van der Waals surface area contributed by atoms with Crippen molar-refractivity contribution in [3.8, 4) is 0 Å². The largest absolute Gasteiger partial charge is 0.306 e. The van der Waals surface area contributed by atoms with Crippen molar-refractivity contribution in [2.75, 3.05) is 29.5 Å². The number of rotatable bonds is 4. The summed E-state index contributed by atoms with van der Waals surface area (Å²) in [4.78, 5) is 16.6. The summed E-state index contributed by atoms with van der Waals surface area (Å²) in [7, 11) is -3.21. The number of sulfone groups is 1. The quantitative estimate of drug-likeness (QED) is 0.787. The van der Waals surface area contributed by atoms with Crippen molar-refractivity contribution in [3.05, 3.63) is 65.5 Å². The van der Waals surface area contributed by atoms with E-state index in [4.69, 9.17) is 0 Å². The zero-order valence-electron chi connectivity index (χ0n) is 15.7. The van der Waals surface area contributed by atoms with Gasteiger partial charge in [0.05, 0.1) is 24.1 Å². The van der Waals surface area contributed by atoms with E-state index in [0.717, 1.165) is 16.8 Å². The van der Waals surface area contributed by atoms with E-state index in [0.29, 0.717) is 13.0 Å². The molecule has 0 N–H and O–H groups in total. The second-order valence-corrected chi connectivity index (χ2v) is 9.82. The van der Waals surface area contributed by atoms with Crippen molar-refractivity contribution in [1.82, 2.24) is 4.90 Å². The fraction of sp³-hybridized carbons (Fsp3) is 0.381. The Morgan fingerprint density at radius 2 is 1.79 bits per heavy atom. The Morgan fingerprint density at radius 1 is 1.07 bits per heavy atom. The number of benzene rings is 2. The number of hydrogen-bond acceptors (Lipinski definition) is 4. The van der Waals surface area contributed by atoms with Crippen molar-refractivity contribution >= 4 is 21.4 Å². The minimum atomic E-state index is -3.21. The number of fused-ring (bicyclic) bond motifs is 1. The number of carbonyl (C=O) groups is 1. The van der Waals surface area contributed by atoms with Gasteiger partial charge in [-0.15, -0.1) is 0 Å². The second kappa shape index (κ2) is 7.29. The topological polar surface area (TPSA) is 57.7 Å². The van der Waals surface area contributed by atoms with E-state index < -0.39 is 9.84 Å². The molecule has 2 atom stereocenters. The summed E-state index contributed by atoms with van der Waals surface area (Å²) in [6.07, 6.45) is 0.640. The third-order valence-electron chi connectivity index (χ3n) is 5.58. The van der Waals surface area contributed by atoms with Crippen molar-refractivity contribution in [2.24, 2.45) is 0 Å². The molecule has 7 heteroatoms. The van der Waals surface area contributed by atoms with Gasteiger partial charge in [0.1, 0.15) is 5.82 Å². The first-order valence-corrected chi connectivity index (χ1v) is 11.2. The molecule has 0 aromatic heterocycles. The van der Waals surface area contributed by atoms with Crippen molar-refractivity contribution in [1.29, 1.82) is 0 Å². The summed E-state index contributed by atoms with van der Waals surface area (Å²) in [6, 6.07) is 13.3. The number of nitrogens with zero attached hydrogens (tertiary/aromatic N) is 2. The first-order valence-electron chi connectivity index (χ1n) is 9.40. The van der Waals surface area contributed by atoms with Crippen LogP contribution in [0.4, 0.5) is 10.1 Å². The average molecular weight is 402 g/mol. The van der Waals surface area contributed by atoms with Crippen LogP contribution in [0.3, 0.4) is 0 Å². The summed E-state index contributed by atoms with van der Waals surface area (Å²) >= 11 is 0. The molecule has 0 spiro atoms. The molecule has 2 aliphatic heterocycles. The van der Waals surface area contributed by atoms with Gasteiger partial charge in [0, 0.05) is 18.3 Å². The molecule has 4 rings (SSSR count). The van der Waals surface area contributed by atoms with Crippen LogP contribution in [0.5, 0.6) is 0 Å². The Bertz CT molecular complexity index is 991. The van der Waals surface area contributed by atoms with E-state index in [-0.39, 0.29) is 41.9 Å². The molecule has 2 heterocycles. The van der Waals surface area contributed by atoms with E-state index in [9.17, 15) is 17.6 Å². The first kappa shape index (κ1) is 19.1. The van der Waals surface area contributed by atoms with Crippen LogP contribution in [0, 0.1) is 12.7 Å². The lowest BCUT2D eigenvalue weighted by Gasteiger charge is -2.43. The number of amides is 1. The van der Waals surface area contributed by atoms with E-state index >= 15 is 0 Å². The van der Waals surface area contributed by atoms with E-state index in [1.54, 1.807) is 17.0 Å². The van der Waals surface area contributed by atoms with Crippen LogP contribution in [0.1, 0.15) is 11.1 Å². The summed E-state index contributed by atoms with van der Waals surface area (Å²) in [5, 5.41) is 0. The zero-order valence-corrected chi connectivity index (χ0v) is 16.5. The van der Waals surface area contributed by atoms with Crippen molar-refractivity contribution in [2.45, 2.75) is 25.4 Å². The fourth-order valence-electron chi connectivity index (χ4n) is 4.24. The van der Waals surface area contributed by atoms with Gasteiger partial charge in [-0.2, -0.15) is 0 Å². The van der Waals surface area contributed by atoms with Gasteiger partial charge in [-0.3, -0.25) is 9.69 Å². The van der Waals surface area contributed by atoms with E-state index in [1.165, 1.54) is 12.1 Å². The highest BCUT2D eigenvalue weighted by Gasteiger charge is 2.49. The third kappa shape index (κ3) is 3.82. The maximum Gasteiger partial charge on any atom is 0.241 e. The maximum absolute atomic E-state index is 13.1. The van der Waals surface area contributed by atoms with Gasteiger partial charge < -0.3 is 4.90 Å². The predicted octanol–water partition coefficient (Wildman–Crippen LogP) is 2.19. The summed E-state index contributed by atoms with van der Waals surface area (Å²) in [5.41, 5.74) is 2.75. The highest BCUT2D eigenvalue weighted by atomic mass is 32.2. The summed E-state index contributed by atoms with van der Waals surface area (Å²) in [6.45, 7) is 2.71. The molecule has 0 unspecified atom stereocenters. The van der Waals surface area contributed by atoms with Crippen LogP contribution >= 0.6 is 0 Å². The number of piperazine rings is 1. The van der Waals surface area contributed by atoms with Crippen LogP contribution in [0.25, 0.3) is 0 Å². The Morgan fingerprint density at radius 3 is 2.50 bits per heavy atom. The summed E-state index contributed by atoms with van der Waals surface area (Å²) < 4.78 is 37.9. The molecule has 5 nitrogen and oxygen atoms in total. The number of aryl methyl sites for hydroxylation is 1. The monoisotopic (exact) mass is 402 g/mol. The molecule has 148 valence electrons. The lowest BCUT2D eigenvalue weighted by Crippen LogP contribution is -2.62. The Labute approximate surface area is 164 Å². The normalized spacial score (nSPS) is 24.4. The Kier molecular flexibility index (Phi) is 4.97. The molecule has 2 aromatic rings. The van der Waals surface area contributed by atoms with Gasteiger partial charge in [-0.25, -0.2) is 12.8 Å². The first-order chi connectivity index (χ1) is 13.3. The molecule has 0 aliphatic carbocycles. The minimum absolute atomic E-state index is 0.00953. The second-order valence-electron chi connectivity index (χ2n) is 7.66. The number of hydrogen-bond donors (Lipinski definition) is 0. The average Bonchev–Trinajstić information content (AvgIpc) is 2.96. The van der Waals surface area contributed by atoms with Crippen LogP contribution in [-0.2, 0) is 21.1 Å². The van der Waals surface area contributed by atoms with E-state index in [1.807, 2.05) is 36.1 Å². The fourth-order valence-corrected chi connectivity index (χ4v) is 6.22. The molecule has 2 fully saturated rings. The van der Waals surface area contributed by atoms with Gasteiger partial charge in [-0.1, -0.05) is 24.3 Å². The highest BCUT2D eigenvalue weighted by molar-refractivity contribution is 7.91. The van der Waals surface area contributed by atoms with Crippen LogP contribution in [0.2, 0.25) is 0 Å². The lowest BCUT2D eigenvalue weighted by atomic mass is 10.0. The molecule has 28 heavy (non-hydrogen) atoms. The molecule has 2 aliphatic rings. The zero-order chi connectivity index (χ0) is 19.9. The van der Waals surface area contributed by atoms with Crippen LogP contribution in [0.15, 0.2) is 48.5 Å². The molecule has 0 radical (unpaired) electrons. The van der Waals surface area contributed by atoms with Crippen molar-refractivity contribution in [3.63, 3.8) is 0 Å². The molecule has 2 aromatic carbocycles. The van der Waals surface area contributed by atoms with Gasteiger partial charge in [0.2, 0.25) is 5.91 Å². The smallest absolute Gasteiger partial charge is 0.241 e. The Hall–Kier alpha value is -2.25. The molecular formula is C21H23FN2O3S. The van der Waals surface area contributed by atoms with Crippen LogP contribution in [-0.4, -0.2) is 55.9 Å². The lowest BCUT2D eigenvalue weighted by molar-refractivity contribution is -0.123. The van der Waals surface area contributed by atoms with Gasteiger partial charge in [-0.05, 0) is 48.7 Å². The molecule has 0 bridgehead atoms. The van der Waals surface area contributed by atoms with Gasteiger partial charge in [0.25, 0.3) is 0 Å². The number of carbonyl (C=O) groups excluding carboxylic acids is 1. The molecule has 0 saturated carbocycles. The molecule has 2 saturated heterocycles. The molecule has 1 amide bonds. The SMILES string of the molecule is Cc1cccc(N2C(=O)CN(CCc3ccc(F)cc3)[C@H]3CS(=O)(=O)C[C@H]32)c1. The Balaban J connectivity index is 1.58. The summed E-state index contributed by atoms with van der Waals surface area (Å²) in [5.74, 6) is -0.308. The minimum Gasteiger partial charge on any atom is -0.306 e. The van der Waals surface area contributed by atoms with Gasteiger partial charge >= 0.3 is 0 Å². The highest BCUT2D eigenvalue weighted by Crippen LogP contribution is 2.32. The predicted molar refractivity (Wildman–Crippen MR) is 107 cm³/mol. The maximum atomic E-state index is 13.1. The standard InChI is InChI=1S/C21H23FN2O3S/c1-15-3-2-4-18(11-15)24-20-14-28(26,27)13-19(20)23(12-21(24)25)10-9-16-5-7-17(22)8-6-16/h2-8,11,19-20H,9-10,12-14H2,1H3/t19-,20+/m0/s1. The third-order valence-corrected chi connectivity index (χ3v) is 7.28. The number of anilines is 1. The van der Waals surface area contributed by atoms with Crippen LogP contribution < -0.4 is 4.90 Å².